The van der Waals surface area contributed by atoms with Gasteiger partial charge in [0.25, 0.3) is 10.2 Å². The normalized spacial score (nSPS) is 36.1. The van der Waals surface area contributed by atoms with Crippen molar-refractivity contribution in [3.63, 3.8) is 0 Å². The zero-order valence-electron chi connectivity index (χ0n) is 12.0. The Kier molecular flexibility index (Phi) is 4.55. The Hall–Kier alpha value is -0.170. The fourth-order valence-corrected chi connectivity index (χ4v) is 4.93. The maximum atomic E-state index is 12.7. The molecule has 2 heterocycles. The van der Waals surface area contributed by atoms with Crippen LogP contribution < -0.4 is 0 Å². The maximum Gasteiger partial charge on any atom is 0.282 e. The summed E-state index contributed by atoms with van der Waals surface area (Å²) in [5, 5.41) is 10.1. The Morgan fingerprint density at radius 3 is 2.53 bits per heavy atom. The Balaban J connectivity index is 2.10. The molecule has 2 atom stereocenters. The summed E-state index contributed by atoms with van der Waals surface area (Å²) in [5.41, 5.74) is -0.724. The standard InChI is InChI=1S/C13H26N2O3S/c1-12-6-3-4-10-15(12)19(17,18)14-9-5-7-13(2,16)8-11-14/h12,16H,3-11H2,1-2H3. The monoisotopic (exact) mass is 290 g/mol. The lowest BCUT2D eigenvalue weighted by molar-refractivity contribution is 0.0463. The minimum Gasteiger partial charge on any atom is -0.390 e. The quantitative estimate of drug-likeness (QED) is 0.835. The van der Waals surface area contributed by atoms with Crippen LogP contribution in [0.4, 0.5) is 0 Å². The Labute approximate surface area is 116 Å². The van der Waals surface area contributed by atoms with Crippen LogP contribution in [0.1, 0.15) is 52.4 Å². The van der Waals surface area contributed by atoms with Gasteiger partial charge in [-0.2, -0.15) is 17.0 Å². The van der Waals surface area contributed by atoms with Crippen LogP contribution in [-0.4, -0.2) is 53.4 Å². The van der Waals surface area contributed by atoms with E-state index in [2.05, 4.69) is 0 Å². The summed E-state index contributed by atoms with van der Waals surface area (Å²) in [6, 6.07) is 0.0995. The van der Waals surface area contributed by atoms with Crippen molar-refractivity contribution in [2.75, 3.05) is 19.6 Å². The van der Waals surface area contributed by atoms with E-state index < -0.39 is 15.8 Å². The predicted octanol–water partition coefficient (Wildman–Crippen LogP) is 1.34. The molecule has 1 N–H and O–H groups in total. The van der Waals surface area contributed by atoms with Crippen LogP contribution in [0.5, 0.6) is 0 Å². The maximum absolute atomic E-state index is 12.7. The second-order valence-corrected chi connectivity index (χ2v) is 8.09. The zero-order chi connectivity index (χ0) is 14.1. The van der Waals surface area contributed by atoms with Gasteiger partial charge < -0.3 is 5.11 Å². The molecule has 5 nitrogen and oxygen atoms in total. The van der Waals surface area contributed by atoms with Gasteiger partial charge in [0.15, 0.2) is 0 Å². The minimum atomic E-state index is -3.35. The highest BCUT2D eigenvalue weighted by Crippen LogP contribution is 2.27. The fourth-order valence-electron chi connectivity index (χ4n) is 3.03. The van der Waals surface area contributed by atoms with Gasteiger partial charge in [0.05, 0.1) is 5.60 Å². The van der Waals surface area contributed by atoms with Gasteiger partial charge >= 0.3 is 0 Å². The molecule has 0 aromatic heterocycles. The number of aliphatic hydroxyl groups is 1. The van der Waals surface area contributed by atoms with Crippen LogP contribution >= 0.6 is 0 Å². The Morgan fingerprint density at radius 1 is 1.11 bits per heavy atom. The van der Waals surface area contributed by atoms with Crippen LogP contribution in [0.3, 0.4) is 0 Å². The lowest BCUT2D eigenvalue weighted by Gasteiger charge is -2.36. The molecule has 0 spiro atoms. The highest BCUT2D eigenvalue weighted by atomic mass is 32.2. The highest BCUT2D eigenvalue weighted by molar-refractivity contribution is 7.86. The van der Waals surface area contributed by atoms with E-state index in [1.165, 1.54) is 0 Å². The summed E-state index contributed by atoms with van der Waals surface area (Å²) in [7, 11) is -3.35. The second kappa shape index (κ2) is 5.68. The summed E-state index contributed by atoms with van der Waals surface area (Å²) in [6.07, 6.45) is 4.94. The van der Waals surface area contributed by atoms with Gasteiger partial charge in [-0.05, 0) is 46.0 Å². The smallest absolute Gasteiger partial charge is 0.282 e. The average Bonchev–Trinajstić information content (AvgIpc) is 2.51. The number of rotatable bonds is 2. The van der Waals surface area contributed by atoms with E-state index in [9.17, 15) is 13.5 Å². The number of nitrogens with zero attached hydrogens (tertiary/aromatic N) is 2. The SMILES string of the molecule is CC1CCCCN1S(=O)(=O)N1CCCC(C)(O)CC1. The van der Waals surface area contributed by atoms with Gasteiger partial charge in [0, 0.05) is 25.7 Å². The summed E-state index contributed by atoms with van der Waals surface area (Å²) in [5.74, 6) is 0. The van der Waals surface area contributed by atoms with Gasteiger partial charge in [-0.3, -0.25) is 0 Å². The van der Waals surface area contributed by atoms with E-state index in [4.69, 9.17) is 0 Å². The van der Waals surface area contributed by atoms with Crippen LogP contribution in [0.25, 0.3) is 0 Å². The number of hydrogen-bond acceptors (Lipinski definition) is 3. The first-order chi connectivity index (χ1) is 8.83. The van der Waals surface area contributed by atoms with E-state index in [0.717, 1.165) is 25.7 Å². The van der Waals surface area contributed by atoms with Gasteiger partial charge in [-0.15, -0.1) is 0 Å². The zero-order valence-corrected chi connectivity index (χ0v) is 12.8. The average molecular weight is 290 g/mol. The molecule has 2 unspecified atom stereocenters. The summed E-state index contributed by atoms with van der Waals surface area (Å²) in [6.45, 7) is 5.38. The van der Waals surface area contributed by atoms with Crippen molar-refractivity contribution in [3.8, 4) is 0 Å². The second-order valence-electron chi connectivity index (χ2n) is 6.21. The fraction of sp³-hybridized carbons (Fsp3) is 1.00. The first-order valence-corrected chi connectivity index (χ1v) is 8.72. The van der Waals surface area contributed by atoms with Crippen molar-refractivity contribution >= 4 is 10.2 Å². The molecule has 6 heteroatoms. The Morgan fingerprint density at radius 2 is 1.84 bits per heavy atom. The molecule has 112 valence electrons. The van der Waals surface area contributed by atoms with Crippen LogP contribution in [-0.2, 0) is 10.2 Å². The topological polar surface area (TPSA) is 60.9 Å². The third kappa shape index (κ3) is 3.48. The molecule has 0 amide bonds. The summed E-state index contributed by atoms with van der Waals surface area (Å²) in [4.78, 5) is 0. The van der Waals surface area contributed by atoms with E-state index in [0.29, 0.717) is 32.5 Å². The molecule has 19 heavy (non-hydrogen) atoms. The van der Waals surface area contributed by atoms with Crippen LogP contribution in [0.15, 0.2) is 0 Å². The van der Waals surface area contributed by atoms with Gasteiger partial charge in [0.1, 0.15) is 0 Å². The largest absolute Gasteiger partial charge is 0.390 e. The molecule has 2 fully saturated rings. The van der Waals surface area contributed by atoms with Crippen molar-refractivity contribution in [1.29, 1.82) is 0 Å². The third-order valence-corrected chi connectivity index (χ3v) is 6.54. The lowest BCUT2D eigenvalue weighted by atomic mass is 9.98. The van der Waals surface area contributed by atoms with Crippen LogP contribution in [0, 0.1) is 0 Å². The first-order valence-electron chi connectivity index (χ1n) is 7.32. The number of hydrogen-bond donors (Lipinski definition) is 1. The van der Waals surface area contributed by atoms with Gasteiger partial charge in [-0.1, -0.05) is 6.42 Å². The summed E-state index contributed by atoms with van der Waals surface area (Å²) >= 11 is 0. The number of piperidine rings is 1. The highest BCUT2D eigenvalue weighted by Gasteiger charge is 2.36. The van der Waals surface area contributed by atoms with Crippen LogP contribution in [0.2, 0.25) is 0 Å². The molecule has 0 aromatic rings. The molecule has 0 bridgehead atoms. The molecule has 0 aliphatic carbocycles. The van der Waals surface area contributed by atoms with E-state index in [-0.39, 0.29) is 6.04 Å². The Bertz CT molecular complexity index is 408. The van der Waals surface area contributed by atoms with Crippen molar-refractivity contribution in [2.24, 2.45) is 0 Å². The van der Waals surface area contributed by atoms with Crippen molar-refractivity contribution in [1.82, 2.24) is 8.61 Å². The van der Waals surface area contributed by atoms with E-state index in [1.807, 2.05) is 6.92 Å². The third-order valence-electron chi connectivity index (χ3n) is 4.39. The first kappa shape index (κ1) is 15.2. The molecule has 2 aliphatic heterocycles. The summed E-state index contributed by atoms with van der Waals surface area (Å²) < 4.78 is 28.6. The van der Waals surface area contributed by atoms with E-state index >= 15 is 0 Å². The van der Waals surface area contributed by atoms with Gasteiger partial charge in [-0.25, -0.2) is 0 Å². The van der Waals surface area contributed by atoms with E-state index in [1.54, 1.807) is 15.5 Å². The molecule has 0 aromatic carbocycles. The molecule has 0 radical (unpaired) electrons. The van der Waals surface area contributed by atoms with Crippen molar-refractivity contribution < 1.29 is 13.5 Å². The molecular weight excluding hydrogens is 264 g/mol. The minimum absolute atomic E-state index is 0.0995. The van der Waals surface area contributed by atoms with Crippen molar-refractivity contribution in [2.45, 2.75) is 64.0 Å². The lowest BCUT2D eigenvalue weighted by Crippen LogP contribution is -2.50. The van der Waals surface area contributed by atoms with Crippen molar-refractivity contribution in [3.05, 3.63) is 0 Å². The molecule has 2 saturated heterocycles. The molecule has 0 saturated carbocycles. The molecule has 2 rings (SSSR count). The molecular formula is C13H26N2O3S. The molecule has 2 aliphatic rings. The van der Waals surface area contributed by atoms with Gasteiger partial charge in [0.2, 0.25) is 0 Å². The predicted molar refractivity (Wildman–Crippen MR) is 75.0 cm³/mol.